The minimum atomic E-state index is -4.45. The third-order valence-corrected chi connectivity index (χ3v) is 5.66. The van der Waals surface area contributed by atoms with Crippen LogP contribution in [0.2, 0.25) is 0 Å². The Kier molecular flexibility index (Phi) is 5.96. The molecule has 0 atom stereocenters. The summed E-state index contributed by atoms with van der Waals surface area (Å²) in [6, 6.07) is 12.1. The average molecular weight is 503 g/mol. The molecule has 186 valence electrons. The van der Waals surface area contributed by atoms with Crippen LogP contribution in [-0.4, -0.2) is 30.2 Å². The summed E-state index contributed by atoms with van der Waals surface area (Å²) < 4.78 is 42.8. The number of carbonyl (C=O) groups excluding carboxylic acids is 1. The van der Waals surface area contributed by atoms with Gasteiger partial charge in [-0.3, -0.25) is 9.48 Å². The first-order valence-corrected chi connectivity index (χ1v) is 11.1. The Morgan fingerprint density at radius 2 is 1.86 bits per heavy atom. The van der Waals surface area contributed by atoms with E-state index in [4.69, 9.17) is 4.98 Å². The number of hydrogen-bond donors (Lipinski definition) is 2. The predicted octanol–water partition coefficient (Wildman–Crippen LogP) is 5.71. The molecule has 0 unspecified atom stereocenters. The van der Waals surface area contributed by atoms with Gasteiger partial charge in [-0.2, -0.15) is 23.3 Å². The SMILES string of the molecule is C=CC(=O)Nc1cccc2c1ccn2-c1nc(Nc2cnn(C)c2)ncc1-c1ccc(C(F)(F)F)cc1. The highest BCUT2D eigenvalue weighted by molar-refractivity contribution is 6.05. The van der Waals surface area contributed by atoms with Gasteiger partial charge in [-0.05, 0) is 42.0 Å². The number of nitrogens with zero attached hydrogens (tertiary/aromatic N) is 5. The number of amides is 1. The molecule has 0 fully saturated rings. The molecule has 3 aromatic heterocycles. The molecule has 0 saturated heterocycles. The molecule has 1 amide bonds. The number of carbonyl (C=O) groups is 1. The second-order valence-electron chi connectivity index (χ2n) is 8.15. The van der Waals surface area contributed by atoms with Crippen LogP contribution >= 0.6 is 0 Å². The maximum atomic E-state index is 13.1. The summed E-state index contributed by atoms with van der Waals surface area (Å²) in [6.07, 6.45) is 3.44. The Bertz CT molecular complexity index is 1620. The van der Waals surface area contributed by atoms with Gasteiger partial charge in [0.05, 0.1) is 28.7 Å². The van der Waals surface area contributed by atoms with E-state index in [2.05, 4.69) is 27.3 Å². The monoisotopic (exact) mass is 503 g/mol. The van der Waals surface area contributed by atoms with Crippen LogP contribution in [0.15, 0.2) is 86.0 Å². The number of rotatable bonds is 6. The first-order valence-electron chi connectivity index (χ1n) is 11.1. The van der Waals surface area contributed by atoms with Crippen molar-refractivity contribution >= 4 is 34.1 Å². The zero-order valence-corrected chi connectivity index (χ0v) is 19.5. The Morgan fingerprint density at radius 3 is 2.54 bits per heavy atom. The van der Waals surface area contributed by atoms with Crippen molar-refractivity contribution in [1.29, 1.82) is 0 Å². The largest absolute Gasteiger partial charge is 0.416 e. The van der Waals surface area contributed by atoms with Gasteiger partial charge in [0.1, 0.15) is 0 Å². The summed E-state index contributed by atoms with van der Waals surface area (Å²) >= 11 is 0. The Labute approximate surface area is 209 Å². The molecule has 0 saturated carbocycles. The minimum absolute atomic E-state index is 0.275. The molecule has 8 nitrogen and oxygen atoms in total. The van der Waals surface area contributed by atoms with E-state index < -0.39 is 11.7 Å². The molecule has 2 aromatic carbocycles. The van der Waals surface area contributed by atoms with Crippen molar-refractivity contribution in [2.24, 2.45) is 7.05 Å². The number of alkyl halides is 3. The minimum Gasteiger partial charge on any atom is -0.322 e. The van der Waals surface area contributed by atoms with E-state index >= 15 is 0 Å². The molecule has 5 aromatic rings. The molecule has 0 spiro atoms. The molecule has 2 N–H and O–H groups in total. The first kappa shape index (κ1) is 23.8. The molecule has 0 radical (unpaired) electrons. The fourth-order valence-corrected chi connectivity index (χ4v) is 3.92. The van der Waals surface area contributed by atoms with Crippen molar-refractivity contribution in [2.75, 3.05) is 10.6 Å². The summed E-state index contributed by atoms with van der Waals surface area (Å²) in [5, 5.41) is 10.7. The maximum Gasteiger partial charge on any atom is 0.416 e. The molecule has 5 rings (SSSR count). The topological polar surface area (TPSA) is 89.7 Å². The Hall–Kier alpha value is -4.93. The van der Waals surface area contributed by atoms with E-state index in [0.29, 0.717) is 28.3 Å². The third-order valence-electron chi connectivity index (χ3n) is 5.66. The van der Waals surface area contributed by atoms with Crippen LogP contribution in [0, 0.1) is 0 Å². The van der Waals surface area contributed by atoms with Gasteiger partial charge in [0, 0.05) is 36.6 Å². The van der Waals surface area contributed by atoms with Gasteiger partial charge in [-0.25, -0.2) is 4.98 Å². The number of nitrogens with one attached hydrogen (secondary N) is 2. The predicted molar refractivity (Wildman–Crippen MR) is 135 cm³/mol. The van der Waals surface area contributed by atoms with Crippen molar-refractivity contribution in [3.05, 3.63) is 91.5 Å². The number of anilines is 3. The summed E-state index contributed by atoms with van der Waals surface area (Å²) in [5.74, 6) is 0.357. The molecule has 0 aliphatic carbocycles. The van der Waals surface area contributed by atoms with E-state index in [0.717, 1.165) is 23.0 Å². The number of aryl methyl sites for hydroxylation is 1. The zero-order chi connectivity index (χ0) is 26.2. The molecule has 3 heterocycles. The molecule has 0 aliphatic rings. The van der Waals surface area contributed by atoms with Gasteiger partial charge in [0.2, 0.25) is 11.9 Å². The van der Waals surface area contributed by atoms with Crippen LogP contribution in [0.3, 0.4) is 0 Å². The number of hydrogen-bond acceptors (Lipinski definition) is 5. The second kappa shape index (κ2) is 9.26. The number of halogens is 3. The molecular formula is C26H20F3N7O. The highest BCUT2D eigenvalue weighted by atomic mass is 19.4. The number of fused-ring (bicyclic) bond motifs is 1. The molecule has 0 bridgehead atoms. The van der Waals surface area contributed by atoms with Gasteiger partial charge >= 0.3 is 6.18 Å². The van der Waals surface area contributed by atoms with E-state index in [9.17, 15) is 18.0 Å². The summed E-state index contributed by atoms with van der Waals surface area (Å²) in [5.41, 5.74) is 2.25. The fraction of sp³-hybridized carbons (Fsp3) is 0.0769. The van der Waals surface area contributed by atoms with Gasteiger partial charge < -0.3 is 15.2 Å². The third kappa shape index (κ3) is 4.79. The molecule has 0 aliphatic heterocycles. The molecular weight excluding hydrogens is 483 g/mol. The highest BCUT2D eigenvalue weighted by Gasteiger charge is 2.30. The Balaban J connectivity index is 1.65. The van der Waals surface area contributed by atoms with Gasteiger partial charge in [0.15, 0.2) is 5.82 Å². The fourth-order valence-electron chi connectivity index (χ4n) is 3.92. The lowest BCUT2D eigenvalue weighted by Crippen LogP contribution is -2.08. The lowest BCUT2D eigenvalue weighted by Gasteiger charge is -2.14. The van der Waals surface area contributed by atoms with Crippen LogP contribution in [0.5, 0.6) is 0 Å². The van der Waals surface area contributed by atoms with Crippen molar-refractivity contribution in [1.82, 2.24) is 24.3 Å². The summed E-state index contributed by atoms with van der Waals surface area (Å²) in [6.45, 7) is 3.48. The van der Waals surface area contributed by atoms with Crippen molar-refractivity contribution in [3.8, 4) is 16.9 Å². The highest BCUT2D eigenvalue weighted by Crippen LogP contribution is 2.34. The van der Waals surface area contributed by atoms with Crippen molar-refractivity contribution in [3.63, 3.8) is 0 Å². The summed E-state index contributed by atoms with van der Waals surface area (Å²) in [7, 11) is 1.78. The quantitative estimate of drug-likeness (QED) is 0.290. The van der Waals surface area contributed by atoms with Crippen LogP contribution in [0.4, 0.5) is 30.5 Å². The van der Waals surface area contributed by atoms with Gasteiger partial charge in [-0.15, -0.1) is 0 Å². The van der Waals surface area contributed by atoms with E-state index in [1.807, 2.05) is 12.1 Å². The number of benzene rings is 2. The number of aromatic nitrogens is 5. The van der Waals surface area contributed by atoms with Crippen molar-refractivity contribution < 1.29 is 18.0 Å². The lowest BCUT2D eigenvalue weighted by atomic mass is 10.1. The maximum absolute atomic E-state index is 13.1. The standard InChI is InChI=1S/C26H20F3N7O/c1-3-23(37)33-21-5-4-6-22-19(21)11-12-36(22)24-20(16-7-9-17(10-8-16)26(27,28)29)14-30-25(34-24)32-18-13-31-35(2)15-18/h3-15H,1H2,2H3,(H,33,37)(H,30,32,34). The van der Waals surface area contributed by atoms with Gasteiger partial charge in [-0.1, -0.05) is 24.8 Å². The lowest BCUT2D eigenvalue weighted by molar-refractivity contribution is -0.137. The molecule has 11 heteroatoms. The summed E-state index contributed by atoms with van der Waals surface area (Å²) in [4.78, 5) is 21.0. The second-order valence-corrected chi connectivity index (χ2v) is 8.15. The van der Waals surface area contributed by atoms with Crippen molar-refractivity contribution in [2.45, 2.75) is 6.18 Å². The molecule has 37 heavy (non-hydrogen) atoms. The average Bonchev–Trinajstić information content (AvgIpc) is 3.50. The van der Waals surface area contributed by atoms with Crippen LogP contribution in [0.1, 0.15) is 5.56 Å². The first-order chi connectivity index (χ1) is 17.7. The van der Waals surface area contributed by atoms with E-state index in [-0.39, 0.29) is 11.9 Å². The van der Waals surface area contributed by atoms with Crippen LogP contribution < -0.4 is 10.6 Å². The smallest absolute Gasteiger partial charge is 0.322 e. The van der Waals surface area contributed by atoms with Crippen LogP contribution in [0.25, 0.3) is 27.8 Å². The van der Waals surface area contributed by atoms with E-state index in [1.54, 1.807) is 53.2 Å². The zero-order valence-electron chi connectivity index (χ0n) is 19.5. The normalized spacial score (nSPS) is 11.5. The Morgan fingerprint density at radius 1 is 1.08 bits per heavy atom. The van der Waals surface area contributed by atoms with E-state index in [1.165, 1.54) is 18.2 Å². The van der Waals surface area contributed by atoms with Gasteiger partial charge in [0.25, 0.3) is 0 Å². The van der Waals surface area contributed by atoms with Crippen LogP contribution in [-0.2, 0) is 18.0 Å².